The molecule has 0 fully saturated rings. The third-order valence-electron chi connectivity index (χ3n) is 2.85. The van der Waals surface area contributed by atoms with Gasteiger partial charge < -0.3 is 20.1 Å². The van der Waals surface area contributed by atoms with Crippen molar-refractivity contribution in [2.24, 2.45) is 5.92 Å². The van der Waals surface area contributed by atoms with Crippen LogP contribution in [0.15, 0.2) is 18.2 Å². The normalized spacial score (nSPS) is 10.2. The first-order valence-corrected chi connectivity index (χ1v) is 6.79. The van der Waals surface area contributed by atoms with Crippen molar-refractivity contribution in [3.63, 3.8) is 0 Å². The molecule has 5 nitrogen and oxygen atoms in total. The monoisotopic (exact) mass is 280 g/mol. The van der Waals surface area contributed by atoms with Crippen LogP contribution in [0, 0.1) is 5.92 Å². The van der Waals surface area contributed by atoms with E-state index >= 15 is 0 Å². The van der Waals surface area contributed by atoms with Crippen molar-refractivity contribution in [2.75, 3.05) is 27.3 Å². The summed E-state index contributed by atoms with van der Waals surface area (Å²) in [7, 11) is 3.25. The van der Waals surface area contributed by atoms with Crippen LogP contribution in [0.4, 0.5) is 4.79 Å². The van der Waals surface area contributed by atoms with Crippen LogP contribution in [-0.2, 0) is 6.42 Å². The Morgan fingerprint density at radius 3 is 2.55 bits per heavy atom. The lowest BCUT2D eigenvalue weighted by atomic mass is 10.1. The lowest BCUT2D eigenvalue weighted by Crippen LogP contribution is -2.38. The molecule has 0 heterocycles. The number of hydrogen-bond acceptors (Lipinski definition) is 3. The van der Waals surface area contributed by atoms with E-state index in [9.17, 15) is 4.79 Å². The van der Waals surface area contributed by atoms with E-state index < -0.39 is 0 Å². The molecule has 0 aromatic heterocycles. The number of hydrogen-bond donors (Lipinski definition) is 2. The summed E-state index contributed by atoms with van der Waals surface area (Å²) >= 11 is 0. The molecule has 2 amide bonds. The Kier molecular flexibility index (Phi) is 6.70. The first kappa shape index (κ1) is 16.1. The molecule has 0 aliphatic carbocycles. The fourth-order valence-corrected chi connectivity index (χ4v) is 1.73. The number of carbonyl (C=O) groups excluding carboxylic acids is 1. The number of ether oxygens (including phenoxy) is 2. The summed E-state index contributed by atoms with van der Waals surface area (Å²) < 4.78 is 10.5. The van der Waals surface area contributed by atoms with Gasteiger partial charge in [0.1, 0.15) is 11.5 Å². The van der Waals surface area contributed by atoms with Gasteiger partial charge in [-0.15, -0.1) is 0 Å². The zero-order valence-electron chi connectivity index (χ0n) is 12.7. The summed E-state index contributed by atoms with van der Waals surface area (Å²) in [5.41, 5.74) is 1.04. The number of urea groups is 1. The van der Waals surface area contributed by atoms with Gasteiger partial charge in [0.25, 0.3) is 0 Å². The first-order chi connectivity index (χ1) is 9.56. The van der Waals surface area contributed by atoms with Crippen molar-refractivity contribution >= 4 is 6.03 Å². The van der Waals surface area contributed by atoms with Crippen LogP contribution < -0.4 is 20.1 Å². The number of carbonyl (C=O) groups is 1. The molecule has 1 aromatic carbocycles. The van der Waals surface area contributed by atoms with Crippen LogP contribution in [-0.4, -0.2) is 33.3 Å². The minimum absolute atomic E-state index is 0.133. The van der Waals surface area contributed by atoms with Crippen molar-refractivity contribution in [3.05, 3.63) is 23.8 Å². The molecule has 0 bridgehead atoms. The zero-order chi connectivity index (χ0) is 15.0. The molecule has 112 valence electrons. The van der Waals surface area contributed by atoms with Crippen molar-refractivity contribution in [1.82, 2.24) is 10.6 Å². The number of rotatable bonds is 7. The van der Waals surface area contributed by atoms with E-state index in [0.717, 1.165) is 17.1 Å². The number of benzene rings is 1. The third-order valence-corrected chi connectivity index (χ3v) is 2.85. The van der Waals surface area contributed by atoms with Gasteiger partial charge in [-0.1, -0.05) is 19.9 Å². The van der Waals surface area contributed by atoms with Crippen molar-refractivity contribution in [2.45, 2.75) is 20.3 Å². The van der Waals surface area contributed by atoms with E-state index in [2.05, 4.69) is 24.5 Å². The smallest absolute Gasteiger partial charge is 0.314 e. The van der Waals surface area contributed by atoms with Crippen LogP contribution in [0.1, 0.15) is 19.4 Å². The van der Waals surface area contributed by atoms with Crippen molar-refractivity contribution < 1.29 is 14.3 Å². The molecule has 0 spiro atoms. The van der Waals surface area contributed by atoms with E-state index in [1.165, 1.54) is 0 Å². The maximum Gasteiger partial charge on any atom is 0.314 e. The summed E-state index contributed by atoms with van der Waals surface area (Å²) in [6, 6.07) is 5.54. The summed E-state index contributed by atoms with van der Waals surface area (Å²) in [4.78, 5) is 11.5. The summed E-state index contributed by atoms with van der Waals surface area (Å²) in [6.45, 7) is 5.36. The van der Waals surface area contributed by atoms with Crippen LogP contribution in [0.3, 0.4) is 0 Å². The number of methoxy groups -OCH3 is 2. The quantitative estimate of drug-likeness (QED) is 0.805. The van der Waals surface area contributed by atoms with E-state index in [4.69, 9.17) is 9.47 Å². The Hall–Kier alpha value is -1.91. The lowest BCUT2D eigenvalue weighted by molar-refractivity contribution is 0.239. The van der Waals surface area contributed by atoms with E-state index in [1.807, 2.05) is 18.2 Å². The Bertz CT molecular complexity index is 433. The Morgan fingerprint density at radius 2 is 1.95 bits per heavy atom. The average Bonchev–Trinajstić information content (AvgIpc) is 2.45. The summed E-state index contributed by atoms with van der Waals surface area (Å²) in [5.74, 6) is 1.98. The van der Waals surface area contributed by atoms with Gasteiger partial charge in [0.05, 0.1) is 14.2 Å². The zero-order valence-corrected chi connectivity index (χ0v) is 12.7. The lowest BCUT2D eigenvalue weighted by Gasteiger charge is -2.12. The van der Waals surface area contributed by atoms with Gasteiger partial charge in [0.2, 0.25) is 0 Å². The SMILES string of the molecule is COc1ccc(CCNC(=O)NCC(C)C)c(OC)c1. The fourth-order valence-electron chi connectivity index (χ4n) is 1.73. The van der Waals surface area contributed by atoms with E-state index in [1.54, 1.807) is 14.2 Å². The minimum atomic E-state index is -0.133. The Balaban J connectivity index is 2.43. The standard InChI is InChI=1S/C15H24N2O3/c1-11(2)10-17-15(18)16-8-7-12-5-6-13(19-3)9-14(12)20-4/h5-6,9,11H,7-8,10H2,1-4H3,(H2,16,17,18). The molecule has 0 unspecified atom stereocenters. The molecule has 1 aromatic rings. The number of amides is 2. The van der Waals surface area contributed by atoms with Gasteiger partial charge in [-0.2, -0.15) is 0 Å². The fraction of sp³-hybridized carbons (Fsp3) is 0.533. The van der Waals surface area contributed by atoms with Gasteiger partial charge in [-0.25, -0.2) is 4.79 Å². The molecular weight excluding hydrogens is 256 g/mol. The minimum Gasteiger partial charge on any atom is -0.497 e. The highest BCUT2D eigenvalue weighted by Crippen LogP contribution is 2.24. The maximum atomic E-state index is 11.5. The summed E-state index contributed by atoms with van der Waals surface area (Å²) in [5, 5.41) is 5.64. The molecule has 2 N–H and O–H groups in total. The molecule has 0 aliphatic rings. The van der Waals surface area contributed by atoms with Gasteiger partial charge in [0.15, 0.2) is 0 Å². The molecule has 0 saturated carbocycles. The third kappa shape index (κ3) is 5.38. The molecule has 1 rings (SSSR count). The highest BCUT2D eigenvalue weighted by Gasteiger charge is 2.06. The molecular formula is C15H24N2O3. The van der Waals surface area contributed by atoms with E-state index in [-0.39, 0.29) is 6.03 Å². The highest BCUT2D eigenvalue weighted by atomic mass is 16.5. The van der Waals surface area contributed by atoms with Crippen LogP contribution in [0.25, 0.3) is 0 Å². The second kappa shape index (κ2) is 8.30. The van der Waals surface area contributed by atoms with E-state index in [0.29, 0.717) is 25.4 Å². The van der Waals surface area contributed by atoms with Crippen molar-refractivity contribution in [3.8, 4) is 11.5 Å². The largest absolute Gasteiger partial charge is 0.497 e. The van der Waals surface area contributed by atoms with Crippen LogP contribution in [0.5, 0.6) is 11.5 Å². The highest BCUT2D eigenvalue weighted by molar-refractivity contribution is 5.73. The van der Waals surface area contributed by atoms with Gasteiger partial charge >= 0.3 is 6.03 Å². The predicted molar refractivity (Wildman–Crippen MR) is 79.5 cm³/mol. The topological polar surface area (TPSA) is 59.6 Å². The second-order valence-corrected chi connectivity index (χ2v) is 4.96. The van der Waals surface area contributed by atoms with Gasteiger partial charge in [-0.05, 0) is 24.0 Å². The first-order valence-electron chi connectivity index (χ1n) is 6.79. The molecule has 0 aliphatic heterocycles. The molecule has 0 radical (unpaired) electrons. The summed E-state index contributed by atoms with van der Waals surface area (Å²) in [6.07, 6.45) is 0.711. The molecule has 0 saturated heterocycles. The van der Waals surface area contributed by atoms with Crippen LogP contribution >= 0.6 is 0 Å². The predicted octanol–water partition coefficient (Wildman–Crippen LogP) is 2.20. The van der Waals surface area contributed by atoms with Crippen molar-refractivity contribution in [1.29, 1.82) is 0 Å². The average molecular weight is 280 g/mol. The second-order valence-electron chi connectivity index (χ2n) is 4.96. The van der Waals surface area contributed by atoms with Crippen LogP contribution in [0.2, 0.25) is 0 Å². The van der Waals surface area contributed by atoms with Gasteiger partial charge in [0, 0.05) is 19.2 Å². The molecule has 5 heteroatoms. The Labute approximate surface area is 120 Å². The Morgan fingerprint density at radius 1 is 1.20 bits per heavy atom. The number of nitrogens with one attached hydrogen (secondary N) is 2. The molecule has 20 heavy (non-hydrogen) atoms. The maximum absolute atomic E-state index is 11.5. The molecule has 0 atom stereocenters. The van der Waals surface area contributed by atoms with Gasteiger partial charge in [-0.3, -0.25) is 0 Å².